The van der Waals surface area contributed by atoms with E-state index in [-0.39, 0.29) is 6.04 Å². The Morgan fingerprint density at radius 3 is 2.44 bits per heavy atom. The van der Waals surface area contributed by atoms with Crippen LogP contribution in [0.4, 0.5) is 5.69 Å². The van der Waals surface area contributed by atoms with E-state index < -0.39 is 0 Å². The van der Waals surface area contributed by atoms with E-state index in [1.807, 2.05) is 35.6 Å². The van der Waals surface area contributed by atoms with Crippen molar-refractivity contribution in [2.45, 2.75) is 19.9 Å². The highest BCUT2D eigenvalue weighted by Crippen LogP contribution is 2.28. The predicted molar refractivity (Wildman–Crippen MR) is 80.7 cm³/mol. The Kier molecular flexibility index (Phi) is 4.27. The van der Waals surface area contributed by atoms with Gasteiger partial charge in [-0.15, -0.1) is 11.3 Å². The average Bonchev–Trinajstić information content (AvgIpc) is 2.68. The molecule has 0 saturated carbocycles. The van der Waals surface area contributed by atoms with Crippen molar-refractivity contribution in [3.05, 3.63) is 50.7 Å². The average molecular weight is 281 g/mol. The maximum Gasteiger partial charge on any atom is 0.0647 e. The van der Waals surface area contributed by atoms with Crippen molar-refractivity contribution < 1.29 is 0 Å². The highest BCUT2D eigenvalue weighted by molar-refractivity contribution is 7.12. The van der Waals surface area contributed by atoms with Gasteiger partial charge in [0.05, 0.1) is 6.04 Å². The fourth-order valence-corrected chi connectivity index (χ4v) is 3.12. The van der Waals surface area contributed by atoms with E-state index in [2.05, 4.69) is 25.2 Å². The third-order valence-corrected chi connectivity index (χ3v) is 4.11. The number of aryl methyl sites for hydroxylation is 2. The van der Waals surface area contributed by atoms with Crippen LogP contribution in [-0.2, 0) is 0 Å². The van der Waals surface area contributed by atoms with E-state index in [4.69, 9.17) is 17.3 Å². The lowest BCUT2D eigenvalue weighted by atomic mass is 10.1. The lowest BCUT2D eigenvalue weighted by Gasteiger charge is -2.18. The summed E-state index contributed by atoms with van der Waals surface area (Å²) in [6.45, 7) is 4.83. The highest BCUT2D eigenvalue weighted by atomic mass is 35.5. The maximum absolute atomic E-state index is 5.88. The van der Waals surface area contributed by atoms with Crippen LogP contribution in [0.15, 0.2) is 30.3 Å². The second-order valence-electron chi connectivity index (χ2n) is 4.31. The minimum atomic E-state index is 0.149. The number of hydrogen-bond acceptors (Lipinski definition) is 3. The molecule has 1 heterocycles. The third kappa shape index (κ3) is 3.05. The molecule has 0 aliphatic heterocycles. The second-order valence-corrected chi connectivity index (χ2v) is 6.20. The summed E-state index contributed by atoms with van der Waals surface area (Å²) in [6, 6.07) is 10.1. The van der Waals surface area contributed by atoms with Crippen LogP contribution in [0.5, 0.6) is 0 Å². The first-order chi connectivity index (χ1) is 8.60. The van der Waals surface area contributed by atoms with Gasteiger partial charge in [0.25, 0.3) is 0 Å². The summed E-state index contributed by atoms with van der Waals surface area (Å²) in [5.41, 5.74) is 8.20. The van der Waals surface area contributed by atoms with Crippen LogP contribution < -0.4 is 11.1 Å². The fourth-order valence-electron chi connectivity index (χ4n) is 2.01. The molecule has 2 nitrogen and oxygen atoms in total. The Hall–Kier alpha value is -1.03. The van der Waals surface area contributed by atoms with Gasteiger partial charge in [-0.25, -0.2) is 0 Å². The van der Waals surface area contributed by atoms with Crippen molar-refractivity contribution in [3.8, 4) is 0 Å². The van der Waals surface area contributed by atoms with E-state index in [1.165, 1.54) is 15.3 Å². The lowest BCUT2D eigenvalue weighted by Crippen LogP contribution is -2.20. The van der Waals surface area contributed by atoms with Crippen molar-refractivity contribution in [3.63, 3.8) is 0 Å². The Labute approximate surface area is 117 Å². The molecule has 2 aromatic rings. The predicted octanol–water partition coefficient (Wildman–Crippen LogP) is 4.13. The van der Waals surface area contributed by atoms with Crippen LogP contribution in [0.3, 0.4) is 0 Å². The van der Waals surface area contributed by atoms with Crippen LogP contribution >= 0.6 is 22.9 Å². The molecule has 1 aromatic heterocycles. The molecular formula is C14H17ClN2S. The molecule has 1 unspecified atom stereocenters. The third-order valence-electron chi connectivity index (χ3n) is 2.88. The van der Waals surface area contributed by atoms with E-state index >= 15 is 0 Å². The molecule has 96 valence electrons. The van der Waals surface area contributed by atoms with Gasteiger partial charge in [-0.3, -0.25) is 0 Å². The Balaban J connectivity index is 2.19. The van der Waals surface area contributed by atoms with Gasteiger partial charge >= 0.3 is 0 Å². The zero-order chi connectivity index (χ0) is 13.1. The highest BCUT2D eigenvalue weighted by Gasteiger charge is 2.14. The molecule has 4 heteroatoms. The van der Waals surface area contributed by atoms with Crippen molar-refractivity contribution in [1.82, 2.24) is 0 Å². The molecule has 0 saturated heterocycles. The first-order valence-electron chi connectivity index (χ1n) is 5.89. The largest absolute Gasteiger partial charge is 0.377 e. The number of nitrogens with two attached hydrogens (primary N) is 1. The van der Waals surface area contributed by atoms with Crippen molar-refractivity contribution in [1.29, 1.82) is 0 Å². The summed E-state index contributed by atoms with van der Waals surface area (Å²) in [5.74, 6) is 0. The summed E-state index contributed by atoms with van der Waals surface area (Å²) >= 11 is 7.69. The van der Waals surface area contributed by atoms with E-state index in [0.717, 1.165) is 10.7 Å². The molecular weight excluding hydrogens is 264 g/mol. The minimum Gasteiger partial charge on any atom is -0.377 e. The molecule has 1 atom stereocenters. The number of anilines is 1. The van der Waals surface area contributed by atoms with Gasteiger partial charge in [0.2, 0.25) is 0 Å². The topological polar surface area (TPSA) is 38.0 Å². The number of hydrogen-bond donors (Lipinski definition) is 2. The van der Waals surface area contributed by atoms with Crippen LogP contribution in [0.1, 0.15) is 21.4 Å². The summed E-state index contributed by atoms with van der Waals surface area (Å²) in [7, 11) is 0. The first-order valence-corrected chi connectivity index (χ1v) is 7.08. The zero-order valence-corrected chi connectivity index (χ0v) is 12.1. The molecule has 0 amide bonds. The molecule has 1 aromatic carbocycles. The normalized spacial score (nSPS) is 12.4. The van der Waals surface area contributed by atoms with Crippen LogP contribution in [0.25, 0.3) is 0 Å². The van der Waals surface area contributed by atoms with Gasteiger partial charge in [-0.2, -0.15) is 0 Å². The molecule has 0 spiro atoms. The van der Waals surface area contributed by atoms with Crippen molar-refractivity contribution >= 4 is 28.6 Å². The summed E-state index contributed by atoms with van der Waals surface area (Å²) < 4.78 is 0. The van der Waals surface area contributed by atoms with Gasteiger partial charge < -0.3 is 11.1 Å². The minimum absolute atomic E-state index is 0.149. The molecule has 3 N–H and O–H groups in total. The van der Waals surface area contributed by atoms with E-state index in [9.17, 15) is 0 Å². The van der Waals surface area contributed by atoms with Gasteiger partial charge in [-0.05, 0) is 49.7 Å². The number of rotatable bonds is 4. The standard InChI is InChI=1S/C14H17ClN2S/c1-9-7-13(10(2)18-9)14(8-16)17-12-5-3-11(15)4-6-12/h3-7,14,17H,8,16H2,1-2H3. The molecule has 0 radical (unpaired) electrons. The van der Waals surface area contributed by atoms with E-state index in [1.54, 1.807) is 0 Å². The molecule has 0 aliphatic rings. The fraction of sp³-hybridized carbons (Fsp3) is 0.286. The summed E-state index contributed by atoms with van der Waals surface area (Å²) in [6.07, 6.45) is 0. The number of benzene rings is 1. The molecule has 0 fully saturated rings. The smallest absolute Gasteiger partial charge is 0.0647 e. The van der Waals surface area contributed by atoms with Crippen LogP contribution in [0, 0.1) is 13.8 Å². The van der Waals surface area contributed by atoms with Gasteiger partial charge in [0, 0.05) is 27.0 Å². The van der Waals surface area contributed by atoms with Crippen molar-refractivity contribution in [2.75, 3.05) is 11.9 Å². The van der Waals surface area contributed by atoms with Gasteiger partial charge in [0.15, 0.2) is 0 Å². The van der Waals surface area contributed by atoms with Gasteiger partial charge in [0.1, 0.15) is 0 Å². The summed E-state index contributed by atoms with van der Waals surface area (Å²) in [4.78, 5) is 2.64. The van der Waals surface area contributed by atoms with Gasteiger partial charge in [-0.1, -0.05) is 11.6 Å². The SMILES string of the molecule is Cc1cc(C(CN)Nc2ccc(Cl)cc2)c(C)s1. The Morgan fingerprint density at radius 2 is 1.94 bits per heavy atom. The monoisotopic (exact) mass is 280 g/mol. The molecule has 2 rings (SSSR count). The molecule has 18 heavy (non-hydrogen) atoms. The molecule has 0 bridgehead atoms. The number of nitrogens with one attached hydrogen (secondary N) is 1. The number of halogens is 1. The lowest BCUT2D eigenvalue weighted by molar-refractivity contribution is 0.788. The van der Waals surface area contributed by atoms with Crippen LogP contribution in [0.2, 0.25) is 5.02 Å². The zero-order valence-electron chi connectivity index (χ0n) is 10.5. The Bertz CT molecular complexity index is 519. The number of thiophene rings is 1. The first kappa shape index (κ1) is 13.4. The van der Waals surface area contributed by atoms with Crippen molar-refractivity contribution in [2.24, 2.45) is 5.73 Å². The van der Waals surface area contributed by atoms with Crippen LogP contribution in [-0.4, -0.2) is 6.54 Å². The maximum atomic E-state index is 5.88. The Morgan fingerprint density at radius 1 is 1.28 bits per heavy atom. The summed E-state index contributed by atoms with van der Waals surface area (Å²) in [5, 5.41) is 4.19. The second kappa shape index (κ2) is 5.74. The van der Waals surface area contributed by atoms with E-state index in [0.29, 0.717) is 6.54 Å². The molecule has 0 aliphatic carbocycles. The quantitative estimate of drug-likeness (QED) is 0.884.